The van der Waals surface area contributed by atoms with Crippen molar-refractivity contribution in [1.82, 2.24) is 4.90 Å². The molecule has 0 aromatic heterocycles. The summed E-state index contributed by atoms with van der Waals surface area (Å²) in [6, 6.07) is 7.17. The van der Waals surface area contributed by atoms with Crippen molar-refractivity contribution in [2.24, 2.45) is 11.5 Å². The van der Waals surface area contributed by atoms with Gasteiger partial charge in [-0.2, -0.15) is 11.8 Å². The van der Waals surface area contributed by atoms with Crippen molar-refractivity contribution in [3.05, 3.63) is 35.9 Å². The maximum absolute atomic E-state index is 12.4. The maximum atomic E-state index is 12.4. The average Bonchev–Trinajstić information content (AvgIpc) is 2.63. The van der Waals surface area contributed by atoms with Crippen LogP contribution in [-0.4, -0.2) is 63.2 Å². The number of hydrogen-bond acceptors (Lipinski definition) is 7. The molecule has 0 bridgehead atoms. The Bertz CT molecular complexity index is 670. The van der Waals surface area contributed by atoms with Crippen molar-refractivity contribution in [2.45, 2.75) is 30.7 Å². The third-order valence-corrected chi connectivity index (χ3v) is 4.71. The first-order chi connectivity index (χ1) is 12.7. The molecule has 0 aliphatic carbocycles. The molecule has 6 N–H and O–H groups in total. The highest BCUT2D eigenvalue weighted by Crippen LogP contribution is 2.13. The van der Waals surface area contributed by atoms with Crippen LogP contribution in [0.4, 0.5) is 0 Å². The number of nitrogens with zero attached hydrogens (tertiary/aromatic N) is 1. The molecule has 0 saturated heterocycles. The second-order valence-corrected chi connectivity index (χ2v) is 6.83. The van der Waals surface area contributed by atoms with Gasteiger partial charge in [-0.1, -0.05) is 30.3 Å². The number of rotatable bonds is 11. The zero-order valence-electron chi connectivity index (χ0n) is 14.6. The first-order valence-corrected chi connectivity index (χ1v) is 9.29. The van der Waals surface area contributed by atoms with Crippen LogP contribution in [0.2, 0.25) is 0 Å². The lowest BCUT2D eigenvalue weighted by Crippen LogP contribution is -2.50. The number of amides is 2. The van der Waals surface area contributed by atoms with E-state index in [0.29, 0.717) is 10.7 Å². The van der Waals surface area contributed by atoms with E-state index in [1.807, 2.05) is 30.3 Å². The Hall–Kier alpha value is -2.43. The molecule has 0 aliphatic heterocycles. The van der Waals surface area contributed by atoms with E-state index < -0.39 is 42.4 Å². The van der Waals surface area contributed by atoms with E-state index in [1.165, 1.54) is 11.8 Å². The van der Waals surface area contributed by atoms with Gasteiger partial charge in [0.2, 0.25) is 11.8 Å². The van der Waals surface area contributed by atoms with Crippen LogP contribution in [0.5, 0.6) is 0 Å². The van der Waals surface area contributed by atoms with Crippen LogP contribution in [0, 0.1) is 0 Å². The molecule has 1 rings (SSSR count). The highest BCUT2D eigenvalue weighted by atomic mass is 32.2. The molecule has 1 aromatic rings. The first kappa shape index (κ1) is 22.6. The molecule has 1 aromatic carbocycles. The number of nitrogens with two attached hydrogens (primary N) is 2. The summed E-state index contributed by atoms with van der Waals surface area (Å²) in [4.78, 5) is 46.8. The second-order valence-electron chi connectivity index (χ2n) is 5.80. The molecule has 2 atom stereocenters. The number of benzene rings is 1. The molecule has 2 amide bonds. The predicted octanol–water partition coefficient (Wildman–Crippen LogP) is -0.121. The van der Waals surface area contributed by atoms with Gasteiger partial charge >= 0.3 is 11.9 Å². The molecule has 0 fully saturated rings. The third kappa shape index (κ3) is 8.20. The van der Waals surface area contributed by atoms with Crippen LogP contribution >= 0.6 is 11.8 Å². The Morgan fingerprint density at radius 3 is 2.22 bits per heavy atom. The standard InChI is InChI=1S/C17H23N3O6S/c18-12(17(25)26)6-7-14(21)20(8-15(22)23)16(24)13(19)10-27-9-11-4-2-1-3-5-11/h1-5,12-13H,6-10,18-19H2,(H,22,23)(H,25,26)/t12-,13-/m0/s1. The molecular weight excluding hydrogens is 374 g/mol. The maximum Gasteiger partial charge on any atom is 0.323 e. The van der Waals surface area contributed by atoms with Crippen molar-refractivity contribution in [2.75, 3.05) is 12.3 Å². The van der Waals surface area contributed by atoms with Crippen LogP contribution in [0.15, 0.2) is 30.3 Å². The van der Waals surface area contributed by atoms with Crippen molar-refractivity contribution >= 4 is 35.5 Å². The lowest BCUT2D eigenvalue weighted by Gasteiger charge is -2.22. The van der Waals surface area contributed by atoms with Gasteiger partial charge in [-0.15, -0.1) is 0 Å². The number of carbonyl (C=O) groups is 4. The molecule has 0 spiro atoms. The molecule has 0 aliphatic rings. The Morgan fingerprint density at radius 1 is 1.04 bits per heavy atom. The SMILES string of the molecule is N[C@@H](CCC(=O)N(CC(=O)O)C(=O)[C@@H](N)CSCc1ccccc1)C(=O)O. The predicted molar refractivity (Wildman–Crippen MR) is 99.8 cm³/mol. The zero-order chi connectivity index (χ0) is 20.4. The van der Waals surface area contributed by atoms with Gasteiger partial charge in [-0.05, 0) is 12.0 Å². The monoisotopic (exact) mass is 397 g/mol. The normalized spacial score (nSPS) is 12.8. The van der Waals surface area contributed by atoms with Gasteiger partial charge in [-0.25, -0.2) is 0 Å². The van der Waals surface area contributed by atoms with Crippen molar-refractivity contribution < 1.29 is 29.4 Å². The summed E-state index contributed by atoms with van der Waals surface area (Å²) < 4.78 is 0. The van der Waals surface area contributed by atoms with Crippen LogP contribution in [-0.2, 0) is 24.9 Å². The van der Waals surface area contributed by atoms with Gasteiger partial charge in [0.25, 0.3) is 0 Å². The highest BCUT2D eigenvalue weighted by Gasteiger charge is 2.29. The number of thioether (sulfide) groups is 1. The summed E-state index contributed by atoms with van der Waals surface area (Å²) in [5.41, 5.74) is 12.2. The molecule has 0 radical (unpaired) electrons. The van der Waals surface area contributed by atoms with Crippen molar-refractivity contribution in [3.63, 3.8) is 0 Å². The fourth-order valence-corrected chi connectivity index (χ4v) is 3.05. The van der Waals surface area contributed by atoms with Crippen LogP contribution < -0.4 is 11.5 Å². The van der Waals surface area contributed by atoms with Gasteiger partial charge in [0.1, 0.15) is 12.6 Å². The lowest BCUT2D eigenvalue weighted by atomic mass is 10.1. The largest absolute Gasteiger partial charge is 0.480 e. The van der Waals surface area contributed by atoms with Crippen molar-refractivity contribution in [3.8, 4) is 0 Å². The van der Waals surface area contributed by atoms with E-state index in [2.05, 4.69) is 0 Å². The highest BCUT2D eigenvalue weighted by molar-refractivity contribution is 7.98. The summed E-state index contributed by atoms with van der Waals surface area (Å²) in [7, 11) is 0. The molecule has 9 nitrogen and oxygen atoms in total. The number of hydrogen-bond donors (Lipinski definition) is 4. The quantitative estimate of drug-likeness (QED) is 0.398. The molecular formula is C17H23N3O6S. The number of aliphatic carboxylic acids is 2. The molecule has 10 heteroatoms. The third-order valence-electron chi connectivity index (χ3n) is 3.57. The van der Waals surface area contributed by atoms with E-state index in [9.17, 15) is 19.2 Å². The Labute approximate surface area is 160 Å². The lowest BCUT2D eigenvalue weighted by molar-refractivity contribution is -0.153. The Kier molecular flexibility index (Phi) is 9.48. The first-order valence-electron chi connectivity index (χ1n) is 8.14. The number of imide groups is 1. The van der Waals surface area contributed by atoms with E-state index in [4.69, 9.17) is 21.7 Å². The summed E-state index contributed by atoms with van der Waals surface area (Å²) in [5.74, 6) is -3.47. The van der Waals surface area contributed by atoms with Gasteiger partial charge in [-0.3, -0.25) is 24.1 Å². The number of carboxylic acid groups (broad SMARTS) is 2. The fraction of sp³-hybridized carbons (Fsp3) is 0.412. The van der Waals surface area contributed by atoms with Gasteiger partial charge in [0.05, 0.1) is 6.04 Å². The Balaban J connectivity index is 2.62. The number of carbonyl (C=O) groups excluding carboxylic acids is 2. The van der Waals surface area contributed by atoms with E-state index in [-0.39, 0.29) is 18.6 Å². The molecule has 0 saturated carbocycles. The second kappa shape index (κ2) is 11.3. The minimum Gasteiger partial charge on any atom is -0.480 e. The molecule has 27 heavy (non-hydrogen) atoms. The minimum absolute atomic E-state index is 0.200. The summed E-state index contributed by atoms with van der Waals surface area (Å²) in [6.07, 6.45) is -0.577. The van der Waals surface area contributed by atoms with Crippen LogP contribution in [0.25, 0.3) is 0 Å². The fourth-order valence-electron chi connectivity index (χ4n) is 2.11. The van der Waals surface area contributed by atoms with Gasteiger partial charge in [0.15, 0.2) is 0 Å². The number of carboxylic acids is 2. The van der Waals surface area contributed by atoms with E-state index >= 15 is 0 Å². The summed E-state index contributed by atoms with van der Waals surface area (Å²) >= 11 is 1.38. The summed E-state index contributed by atoms with van der Waals surface area (Å²) in [5, 5.41) is 17.7. The average molecular weight is 397 g/mol. The summed E-state index contributed by atoms with van der Waals surface area (Å²) in [6.45, 7) is -0.836. The minimum atomic E-state index is -1.37. The molecule has 148 valence electrons. The zero-order valence-corrected chi connectivity index (χ0v) is 15.4. The van der Waals surface area contributed by atoms with E-state index in [1.54, 1.807) is 0 Å². The topological polar surface area (TPSA) is 164 Å². The van der Waals surface area contributed by atoms with Gasteiger partial charge in [0, 0.05) is 17.9 Å². The molecule has 0 heterocycles. The van der Waals surface area contributed by atoms with E-state index in [0.717, 1.165) is 5.56 Å². The van der Waals surface area contributed by atoms with Gasteiger partial charge < -0.3 is 21.7 Å². The van der Waals surface area contributed by atoms with Crippen molar-refractivity contribution in [1.29, 1.82) is 0 Å². The molecule has 0 unspecified atom stereocenters. The smallest absolute Gasteiger partial charge is 0.323 e. The Morgan fingerprint density at radius 2 is 1.67 bits per heavy atom. The van der Waals surface area contributed by atoms with Crippen LogP contribution in [0.1, 0.15) is 18.4 Å². The van der Waals surface area contributed by atoms with Crippen LogP contribution in [0.3, 0.4) is 0 Å².